The molecule has 26 heavy (non-hydrogen) atoms. The Kier molecular flexibility index (Phi) is 6.58. The summed E-state index contributed by atoms with van der Waals surface area (Å²) in [5.41, 5.74) is 2.55. The largest absolute Gasteiger partial charge is 0.354 e. The van der Waals surface area contributed by atoms with E-state index < -0.39 is 0 Å². The monoisotopic (exact) mass is 362 g/mol. The second-order valence-corrected chi connectivity index (χ2v) is 7.13. The molecular formula is C19H30N4O3. The second kappa shape index (κ2) is 8.49. The summed E-state index contributed by atoms with van der Waals surface area (Å²) in [4.78, 5) is 43.5. The van der Waals surface area contributed by atoms with Crippen LogP contribution in [0.25, 0.3) is 0 Å². The fourth-order valence-corrected chi connectivity index (χ4v) is 3.38. The average molecular weight is 362 g/mol. The number of carbonyl (C=O) groups is 3. The Morgan fingerprint density at radius 1 is 1.15 bits per heavy atom. The Balaban J connectivity index is 1.94. The van der Waals surface area contributed by atoms with Crippen molar-refractivity contribution in [2.24, 2.45) is 0 Å². The second-order valence-electron chi connectivity index (χ2n) is 7.13. The Labute approximate surface area is 155 Å². The van der Waals surface area contributed by atoms with Crippen LogP contribution in [-0.4, -0.2) is 71.1 Å². The van der Waals surface area contributed by atoms with Gasteiger partial charge in [0.1, 0.15) is 5.69 Å². The van der Waals surface area contributed by atoms with Crippen molar-refractivity contribution in [1.82, 2.24) is 20.1 Å². The number of aryl methyl sites for hydroxylation is 1. The van der Waals surface area contributed by atoms with Gasteiger partial charge in [-0.3, -0.25) is 19.3 Å². The Bertz CT molecular complexity index is 687. The van der Waals surface area contributed by atoms with Crippen molar-refractivity contribution in [1.29, 1.82) is 0 Å². The molecule has 7 nitrogen and oxygen atoms in total. The van der Waals surface area contributed by atoms with E-state index in [4.69, 9.17) is 0 Å². The molecule has 1 unspecified atom stereocenters. The van der Waals surface area contributed by atoms with E-state index in [1.54, 1.807) is 4.90 Å². The Morgan fingerprint density at radius 2 is 1.77 bits per heavy atom. The highest BCUT2D eigenvalue weighted by Crippen LogP contribution is 2.20. The van der Waals surface area contributed by atoms with E-state index in [-0.39, 0.29) is 23.6 Å². The molecule has 1 aromatic heterocycles. The number of Topliss-reactive ketones (excluding diaryl/α,β-unsaturated/α-hetero) is 1. The summed E-state index contributed by atoms with van der Waals surface area (Å²) in [5.74, 6) is -0.0877. The normalized spacial score (nSPS) is 16.4. The third kappa shape index (κ3) is 4.52. The number of carbonyl (C=O) groups excluding carboxylic acids is 3. The minimum Gasteiger partial charge on any atom is -0.354 e. The van der Waals surface area contributed by atoms with Crippen molar-refractivity contribution in [3.05, 3.63) is 22.5 Å². The zero-order valence-corrected chi connectivity index (χ0v) is 16.4. The summed E-state index contributed by atoms with van der Waals surface area (Å²) >= 11 is 0. The van der Waals surface area contributed by atoms with E-state index >= 15 is 0 Å². The zero-order valence-electron chi connectivity index (χ0n) is 16.4. The molecule has 1 aliphatic heterocycles. The fraction of sp³-hybridized carbons (Fsp3) is 0.632. The zero-order chi connectivity index (χ0) is 19.4. The average Bonchev–Trinajstić information content (AvgIpc) is 2.89. The van der Waals surface area contributed by atoms with Gasteiger partial charge in [-0.05, 0) is 39.7 Å². The predicted molar refractivity (Wildman–Crippen MR) is 101 cm³/mol. The minimum atomic E-state index is -0.0817. The Morgan fingerprint density at radius 3 is 2.27 bits per heavy atom. The number of nitrogens with zero attached hydrogens (tertiary/aromatic N) is 2. The van der Waals surface area contributed by atoms with Gasteiger partial charge in [-0.2, -0.15) is 0 Å². The van der Waals surface area contributed by atoms with Gasteiger partial charge in [0.2, 0.25) is 5.91 Å². The standard InChI is InChI=1S/C19H30N4O3/c1-6-12(2)20-16(25)11-22-7-9-23(10-8-22)19(26)18-13(3)17(15(5)24)14(4)21-18/h12,21H,6-11H2,1-5H3,(H,20,25). The van der Waals surface area contributed by atoms with E-state index in [0.717, 1.165) is 17.7 Å². The molecule has 1 aliphatic rings. The van der Waals surface area contributed by atoms with Gasteiger partial charge in [-0.1, -0.05) is 6.92 Å². The molecule has 1 atom stereocenters. The van der Waals surface area contributed by atoms with E-state index in [9.17, 15) is 14.4 Å². The summed E-state index contributed by atoms with van der Waals surface area (Å²) < 4.78 is 0. The van der Waals surface area contributed by atoms with Crippen molar-refractivity contribution in [2.75, 3.05) is 32.7 Å². The summed E-state index contributed by atoms with van der Waals surface area (Å²) in [6.07, 6.45) is 0.908. The van der Waals surface area contributed by atoms with Crippen LogP contribution in [0.5, 0.6) is 0 Å². The molecule has 0 spiro atoms. The number of nitrogens with one attached hydrogen (secondary N) is 2. The highest BCUT2D eigenvalue weighted by Gasteiger charge is 2.27. The number of piperazine rings is 1. The molecule has 144 valence electrons. The molecule has 2 heterocycles. The van der Waals surface area contributed by atoms with Crippen molar-refractivity contribution >= 4 is 17.6 Å². The molecule has 1 aromatic rings. The minimum absolute atomic E-state index is 0.0288. The maximum Gasteiger partial charge on any atom is 0.270 e. The maximum atomic E-state index is 12.8. The van der Waals surface area contributed by atoms with Crippen LogP contribution in [0.2, 0.25) is 0 Å². The van der Waals surface area contributed by atoms with Crippen molar-refractivity contribution in [3.63, 3.8) is 0 Å². The van der Waals surface area contributed by atoms with Crippen LogP contribution in [0.4, 0.5) is 0 Å². The van der Waals surface area contributed by atoms with Gasteiger partial charge in [0.25, 0.3) is 5.91 Å². The summed E-state index contributed by atoms with van der Waals surface area (Å²) in [5, 5.41) is 2.97. The number of ketones is 1. The summed E-state index contributed by atoms with van der Waals surface area (Å²) in [7, 11) is 0. The number of aromatic nitrogens is 1. The molecule has 0 aromatic carbocycles. The van der Waals surface area contributed by atoms with Gasteiger partial charge in [-0.25, -0.2) is 0 Å². The van der Waals surface area contributed by atoms with Crippen LogP contribution >= 0.6 is 0 Å². The van der Waals surface area contributed by atoms with E-state index in [0.29, 0.717) is 44.0 Å². The van der Waals surface area contributed by atoms with Gasteiger partial charge in [0.05, 0.1) is 6.54 Å². The lowest BCUT2D eigenvalue weighted by atomic mass is 10.1. The number of hydrogen-bond acceptors (Lipinski definition) is 4. The molecule has 2 N–H and O–H groups in total. The van der Waals surface area contributed by atoms with Crippen LogP contribution in [0, 0.1) is 13.8 Å². The first-order chi connectivity index (χ1) is 12.2. The van der Waals surface area contributed by atoms with Crippen molar-refractivity contribution in [2.45, 2.75) is 47.1 Å². The van der Waals surface area contributed by atoms with Crippen LogP contribution < -0.4 is 5.32 Å². The molecule has 0 saturated carbocycles. The number of amides is 2. The van der Waals surface area contributed by atoms with Gasteiger partial charge < -0.3 is 15.2 Å². The van der Waals surface area contributed by atoms with Crippen LogP contribution in [0.15, 0.2) is 0 Å². The molecule has 1 fully saturated rings. The van der Waals surface area contributed by atoms with Gasteiger partial charge >= 0.3 is 0 Å². The van der Waals surface area contributed by atoms with Gasteiger partial charge in [0, 0.05) is 43.5 Å². The summed E-state index contributed by atoms with van der Waals surface area (Å²) in [6, 6.07) is 0.180. The molecule has 1 saturated heterocycles. The number of aromatic amines is 1. The van der Waals surface area contributed by atoms with Crippen LogP contribution in [-0.2, 0) is 4.79 Å². The third-order valence-electron chi connectivity index (χ3n) is 5.05. The molecule has 7 heteroatoms. The molecule has 0 aliphatic carbocycles. The first-order valence-electron chi connectivity index (χ1n) is 9.25. The number of rotatable bonds is 6. The number of hydrogen-bond donors (Lipinski definition) is 2. The molecule has 2 rings (SSSR count). The van der Waals surface area contributed by atoms with E-state index in [1.807, 2.05) is 27.7 Å². The predicted octanol–water partition coefficient (Wildman–Crippen LogP) is 1.51. The van der Waals surface area contributed by atoms with E-state index in [2.05, 4.69) is 15.2 Å². The smallest absolute Gasteiger partial charge is 0.270 e. The van der Waals surface area contributed by atoms with E-state index in [1.165, 1.54) is 6.92 Å². The number of H-pyrrole nitrogens is 1. The topological polar surface area (TPSA) is 85.5 Å². The molecule has 0 radical (unpaired) electrons. The Hall–Kier alpha value is -2.15. The van der Waals surface area contributed by atoms with Crippen molar-refractivity contribution < 1.29 is 14.4 Å². The maximum absolute atomic E-state index is 12.8. The molecule has 2 amide bonds. The molecular weight excluding hydrogens is 332 g/mol. The highest BCUT2D eigenvalue weighted by molar-refractivity contribution is 6.02. The SMILES string of the molecule is CCC(C)NC(=O)CN1CCN(C(=O)c2[nH]c(C)c(C(C)=O)c2C)CC1. The third-order valence-corrected chi connectivity index (χ3v) is 5.05. The van der Waals surface area contributed by atoms with Crippen LogP contribution in [0.3, 0.4) is 0 Å². The first-order valence-corrected chi connectivity index (χ1v) is 9.25. The van der Waals surface area contributed by atoms with Gasteiger partial charge in [-0.15, -0.1) is 0 Å². The quantitative estimate of drug-likeness (QED) is 0.751. The lowest BCUT2D eigenvalue weighted by Crippen LogP contribution is -2.51. The van der Waals surface area contributed by atoms with Crippen LogP contribution in [0.1, 0.15) is 59.3 Å². The fourth-order valence-electron chi connectivity index (χ4n) is 3.38. The lowest BCUT2D eigenvalue weighted by Gasteiger charge is -2.34. The van der Waals surface area contributed by atoms with Gasteiger partial charge in [0.15, 0.2) is 5.78 Å². The summed E-state index contributed by atoms with van der Waals surface area (Å²) in [6.45, 7) is 12.0. The molecule has 0 bridgehead atoms. The lowest BCUT2D eigenvalue weighted by molar-refractivity contribution is -0.123. The highest BCUT2D eigenvalue weighted by atomic mass is 16.2. The van der Waals surface area contributed by atoms with Crippen molar-refractivity contribution in [3.8, 4) is 0 Å². The first kappa shape index (κ1) is 20.2.